The van der Waals surface area contributed by atoms with Crippen molar-refractivity contribution >= 4 is 0 Å². The summed E-state index contributed by atoms with van der Waals surface area (Å²) in [6, 6.07) is 15.5. The second-order valence-electron chi connectivity index (χ2n) is 6.78. The van der Waals surface area contributed by atoms with Gasteiger partial charge in [-0.05, 0) is 35.4 Å². The van der Waals surface area contributed by atoms with Gasteiger partial charge in [0, 0.05) is 0 Å². The second-order valence-corrected chi connectivity index (χ2v) is 6.78. The maximum atomic E-state index is 10.2. The van der Waals surface area contributed by atoms with Gasteiger partial charge in [-0.1, -0.05) is 36.4 Å². The largest absolute Gasteiger partial charge is 0.497 e. The summed E-state index contributed by atoms with van der Waals surface area (Å²) in [4.78, 5) is 0. The van der Waals surface area contributed by atoms with Gasteiger partial charge in [0.1, 0.15) is 29.8 Å². The van der Waals surface area contributed by atoms with Crippen LogP contribution in [-0.4, -0.2) is 50.9 Å². The smallest absolute Gasteiger partial charge is 0.118 e. The summed E-state index contributed by atoms with van der Waals surface area (Å²) in [5.74, 6) is 1.64. The highest BCUT2D eigenvalue weighted by molar-refractivity contribution is 5.27. The van der Waals surface area contributed by atoms with Crippen LogP contribution in [0.25, 0.3) is 0 Å². The molecule has 0 aliphatic carbocycles. The van der Waals surface area contributed by atoms with Gasteiger partial charge < -0.3 is 28.8 Å². The van der Waals surface area contributed by atoms with E-state index in [-0.39, 0.29) is 12.2 Å². The molecule has 2 aromatic rings. The van der Waals surface area contributed by atoms with Crippen LogP contribution in [0.15, 0.2) is 60.7 Å². The molecule has 6 heteroatoms. The van der Waals surface area contributed by atoms with E-state index in [1.807, 2.05) is 54.6 Å². The molecule has 0 spiro atoms. The van der Waals surface area contributed by atoms with Crippen LogP contribution in [0.1, 0.15) is 11.1 Å². The Morgan fingerprint density at radius 1 is 0.897 bits per heavy atom. The molecule has 3 atom stereocenters. The van der Waals surface area contributed by atoms with Crippen LogP contribution in [-0.2, 0) is 27.4 Å². The molecule has 1 fully saturated rings. The van der Waals surface area contributed by atoms with Crippen molar-refractivity contribution in [2.45, 2.75) is 31.5 Å². The Hall–Kier alpha value is -2.38. The quantitative estimate of drug-likeness (QED) is 0.335. The van der Waals surface area contributed by atoms with Gasteiger partial charge in [-0.15, -0.1) is 0 Å². The lowest BCUT2D eigenvalue weighted by Crippen LogP contribution is -2.16. The molecule has 1 N–H and O–H groups in total. The van der Waals surface area contributed by atoms with Gasteiger partial charge in [0.2, 0.25) is 0 Å². The summed E-state index contributed by atoms with van der Waals surface area (Å²) >= 11 is 0. The number of benzene rings is 2. The molecule has 0 radical (unpaired) electrons. The van der Waals surface area contributed by atoms with Crippen LogP contribution in [0.3, 0.4) is 0 Å². The zero-order valence-corrected chi connectivity index (χ0v) is 16.8. The maximum Gasteiger partial charge on any atom is 0.118 e. The first-order chi connectivity index (χ1) is 14.2. The molecule has 0 aromatic heterocycles. The number of hydrogen-bond acceptors (Lipinski definition) is 6. The van der Waals surface area contributed by atoms with Crippen molar-refractivity contribution < 1.29 is 28.8 Å². The van der Waals surface area contributed by atoms with Crippen LogP contribution in [0.5, 0.6) is 11.5 Å². The van der Waals surface area contributed by atoms with Gasteiger partial charge in [-0.2, -0.15) is 0 Å². The molecule has 1 heterocycles. The first-order valence-corrected chi connectivity index (χ1v) is 9.61. The fraction of sp³-hybridized carbons (Fsp3) is 0.391. The summed E-state index contributed by atoms with van der Waals surface area (Å²) in [7, 11) is 3.28. The zero-order chi connectivity index (χ0) is 20.5. The minimum absolute atomic E-state index is 0.0758. The average Bonchev–Trinajstić information content (AvgIpc) is 3.54. The maximum absolute atomic E-state index is 10.2. The Morgan fingerprint density at radius 3 is 2.00 bits per heavy atom. The molecular formula is C23H28O6. The van der Waals surface area contributed by atoms with Crippen molar-refractivity contribution in [3.05, 3.63) is 71.8 Å². The number of rotatable bonds is 12. The summed E-state index contributed by atoms with van der Waals surface area (Å²) in [6.07, 6.45) is 2.57. The number of hydrogen-bond donors (Lipinski definition) is 1. The lowest BCUT2D eigenvalue weighted by molar-refractivity contribution is 0.104. The summed E-state index contributed by atoms with van der Waals surface area (Å²) < 4.78 is 27.0. The minimum atomic E-state index is -0.658. The van der Waals surface area contributed by atoms with Crippen LogP contribution in [0.4, 0.5) is 0 Å². The topological polar surface area (TPSA) is 69.7 Å². The van der Waals surface area contributed by atoms with Gasteiger partial charge in [-0.3, -0.25) is 0 Å². The zero-order valence-electron chi connectivity index (χ0n) is 16.8. The first kappa shape index (κ1) is 21.3. The number of aliphatic hydroxyl groups is 1. The van der Waals surface area contributed by atoms with Crippen LogP contribution >= 0.6 is 0 Å². The lowest BCUT2D eigenvalue weighted by atomic mass is 10.2. The molecule has 0 saturated carbocycles. The highest BCUT2D eigenvalue weighted by Crippen LogP contribution is 2.27. The Kier molecular flexibility index (Phi) is 8.07. The van der Waals surface area contributed by atoms with Crippen molar-refractivity contribution in [2.24, 2.45) is 0 Å². The molecule has 1 aliphatic heterocycles. The monoisotopic (exact) mass is 400 g/mol. The number of epoxide rings is 1. The molecule has 1 saturated heterocycles. The van der Waals surface area contributed by atoms with Crippen molar-refractivity contribution in [3.63, 3.8) is 0 Å². The van der Waals surface area contributed by atoms with Gasteiger partial charge in [0.25, 0.3) is 0 Å². The number of ether oxygens (including phenoxy) is 5. The van der Waals surface area contributed by atoms with E-state index in [9.17, 15) is 5.11 Å². The fourth-order valence-electron chi connectivity index (χ4n) is 2.88. The predicted molar refractivity (Wildman–Crippen MR) is 109 cm³/mol. The van der Waals surface area contributed by atoms with Crippen LogP contribution in [0.2, 0.25) is 0 Å². The minimum Gasteiger partial charge on any atom is -0.497 e. The Balaban J connectivity index is 1.27. The van der Waals surface area contributed by atoms with E-state index in [0.29, 0.717) is 26.4 Å². The normalized spacial score (nSPS) is 19.3. The third-order valence-electron chi connectivity index (χ3n) is 4.64. The van der Waals surface area contributed by atoms with E-state index >= 15 is 0 Å². The third kappa shape index (κ3) is 6.87. The van der Waals surface area contributed by atoms with E-state index in [0.717, 1.165) is 22.6 Å². The molecule has 6 nitrogen and oxygen atoms in total. The first-order valence-electron chi connectivity index (χ1n) is 9.61. The molecule has 0 bridgehead atoms. The summed E-state index contributed by atoms with van der Waals surface area (Å²) in [5.41, 5.74) is 2.14. The van der Waals surface area contributed by atoms with Gasteiger partial charge >= 0.3 is 0 Å². The Morgan fingerprint density at radius 2 is 1.45 bits per heavy atom. The molecule has 156 valence electrons. The van der Waals surface area contributed by atoms with Crippen LogP contribution < -0.4 is 9.47 Å². The van der Waals surface area contributed by atoms with Crippen molar-refractivity contribution in [1.29, 1.82) is 0 Å². The third-order valence-corrected chi connectivity index (χ3v) is 4.64. The molecule has 1 aliphatic rings. The van der Waals surface area contributed by atoms with E-state index in [2.05, 4.69) is 0 Å². The predicted octanol–water partition coefficient (Wildman–Crippen LogP) is 3.12. The van der Waals surface area contributed by atoms with E-state index in [4.69, 9.17) is 23.7 Å². The van der Waals surface area contributed by atoms with Crippen molar-refractivity contribution in [2.75, 3.05) is 27.4 Å². The summed E-state index contributed by atoms with van der Waals surface area (Å²) in [6.45, 7) is 1.89. The molecule has 0 unspecified atom stereocenters. The Labute approximate surface area is 171 Å². The van der Waals surface area contributed by atoms with Crippen LogP contribution in [0, 0.1) is 0 Å². The second kappa shape index (κ2) is 11.0. The highest BCUT2D eigenvalue weighted by atomic mass is 16.6. The van der Waals surface area contributed by atoms with Gasteiger partial charge in [-0.25, -0.2) is 0 Å². The van der Waals surface area contributed by atoms with Gasteiger partial charge in [0.15, 0.2) is 0 Å². The number of methoxy groups -OCH3 is 2. The average molecular weight is 400 g/mol. The molecule has 0 amide bonds. The van der Waals surface area contributed by atoms with E-state index < -0.39 is 6.10 Å². The number of aliphatic hydroxyl groups excluding tert-OH is 1. The van der Waals surface area contributed by atoms with Crippen molar-refractivity contribution in [3.8, 4) is 11.5 Å². The fourth-order valence-corrected chi connectivity index (χ4v) is 2.88. The lowest BCUT2D eigenvalue weighted by Gasteiger charge is -2.05. The molecule has 29 heavy (non-hydrogen) atoms. The molecule has 3 rings (SSSR count). The molecular weight excluding hydrogens is 372 g/mol. The standard InChI is InChI=1S/C23H28O6/c1-25-19-9-5-17(6-10-19)14-27-13-3-4-21(24)23-22(29-23)16-28-15-18-7-11-20(26-2)12-8-18/h3-12,21-24H,13-16H2,1-2H3/b4-3+/t21-,22-,23-/m0/s1. The SMILES string of the molecule is COc1ccc(COC/C=C/[C@H](O)[C@@H]2O[C@H]2COCc2ccc(OC)cc2)cc1. The van der Waals surface area contributed by atoms with Gasteiger partial charge in [0.05, 0.1) is 40.6 Å². The van der Waals surface area contributed by atoms with E-state index in [1.54, 1.807) is 20.3 Å². The Bertz CT molecular complexity index is 756. The van der Waals surface area contributed by atoms with Crippen molar-refractivity contribution in [1.82, 2.24) is 0 Å². The highest BCUT2D eigenvalue weighted by Gasteiger charge is 2.43. The molecule has 2 aromatic carbocycles. The van der Waals surface area contributed by atoms with E-state index in [1.165, 1.54) is 0 Å². The summed E-state index contributed by atoms with van der Waals surface area (Å²) in [5, 5.41) is 10.2.